The molecule has 1 fully saturated rings. The van der Waals surface area contributed by atoms with Gasteiger partial charge >= 0.3 is 0 Å². The van der Waals surface area contributed by atoms with Crippen LogP contribution in [-0.2, 0) is 16.4 Å². The molecule has 1 aliphatic carbocycles. The Kier molecular flexibility index (Phi) is 6.01. The van der Waals surface area contributed by atoms with Crippen molar-refractivity contribution in [2.45, 2.75) is 51.1 Å². The van der Waals surface area contributed by atoms with E-state index in [1.165, 1.54) is 17.7 Å². The van der Waals surface area contributed by atoms with Crippen LogP contribution in [0.25, 0.3) is 0 Å². The Bertz CT molecular complexity index is 481. The van der Waals surface area contributed by atoms with Crippen molar-refractivity contribution < 1.29 is 8.42 Å². The van der Waals surface area contributed by atoms with Crippen LogP contribution < -0.4 is 10.0 Å². The van der Waals surface area contributed by atoms with Crippen molar-refractivity contribution in [3.8, 4) is 0 Å². The van der Waals surface area contributed by atoms with Crippen LogP contribution in [0, 0.1) is 0 Å². The fourth-order valence-corrected chi connectivity index (χ4v) is 4.38. The van der Waals surface area contributed by atoms with Crippen LogP contribution in [0.3, 0.4) is 0 Å². The van der Waals surface area contributed by atoms with Gasteiger partial charge in [-0.2, -0.15) is 0 Å². The predicted octanol–water partition coefficient (Wildman–Crippen LogP) is 2.13. The van der Waals surface area contributed by atoms with Crippen molar-refractivity contribution in [2.75, 3.05) is 12.3 Å². The molecule has 6 heteroatoms. The summed E-state index contributed by atoms with van der Waals surface area (Å²) in [5.74, 6) is 0.230. The summed E-state index contributed by atoms with van der Waals surface area (Å²) in [6, 6.07) is 4.70. The maximum atomic E-state index is 12.0. The van der Waals surface area contributed by atoms with Gasteiger partial charge in [0.15, 0.2) is 0 Å². The van der Waals surface area contributed by atoms with Gasteiger partial charge in [0, 0.05) is 17.0 Å². The molecule has 0 spiro atoms. The minimum atomic E-state index is -3.14. The van der Waals surface area contributed by atoms with E-state index in [-0.39, 0.29) is 11.8 Å². The molecule has 0 radical (unpaired) electrons. The van der Waals surface area contributed by atoms with Crippen molar-refractivity contribution in [3.05, 3.63) is 22.4 Å². The fraction of sp³-hybridized carbons (Fsp3) is 0.714. The number of hydrogen-bond donors (Lipinski definition) is 2. The number of unbranched alkanes of at least 4 members (excludes halogenated alkanes) is 1. The third kappa shape index (κ3) is 6.35. The molecule has 1 unspecified atom stereocenters. The number of nitrogens with one attached hydrogen (secondary N) is 2. The van der Waals surface area contributed by atoms with Gasteiger partial charge in [0.05, 0.1) is 5.75 Å². The van der Waals surface area contributed by atoms with Gasteiger partial charge in [-0.05, 0) is 57.0 Å². The average molecular weight is 316 g/mol. The summed E-state index contributed by atoms with van der Waals surface area (Å²) in [5.41, 5.74) is 0. The van der Waals surface area contributed by atoms with Gasteiger partial charge in [-0.1, -0.05) is 6.07 Å². The molecule has 4 nitrogen and oxygen atoms in total. The normalized spacial score (nSPS) is 17.2. The lowest BCUT2D eigenvalue weighted by Crippen LogP contribution is -2.35. The van der Waals surface area contributed by atoms with Crippen molar-refractivity contribution in [2.24, 2.45) is 0 Å². The molecule has 0 aromatic carbocycles. The van der Waals surface area contributed by atoms with Crippen LogP contribution >= 0.6 is 11.3 Å². The van der Waals surface area contributed by atoms with Gasteiger partial charge in [0.2, 0.25) is 10.0 Å². The lowest BCUT2D eigenvalue weighted by atomic mass is 10.2. The molecule has 2 rings (SSSR count). The average Bonchev–Trinajstić information content (AvgIpc) is 3.04. The van der Waals surface area contributed by atoms with E-state index in [1.807, 2.05) is 24.4 Å². The summed E-state index contributed by atoms with van der Waals surface area (Å²) >= 11 is 1.67. The molecular weight excluding hydrogens is 292 g/mol. The molecule has 1 aromatic heterocycles. The monoisotopic (exact) mass is 316 g/mol. The van der Waals surface area contributed by atoms with Crippen LogP contribution in [0.5, 0.6) is 0 Å². The van der Waals surface area contributed by atoms with E-state index < -0.39 is 10.0 Å². The first kappa shape index (κ1) is 15.9. The molecule has 0 aliphatic heterocycles. The standard InChI is InChI=1S/C14H24N2O2S2/c1-12(11-14-5-4-9-19-14)16-20(17,18)10-3-2-8-15-13-6-7-13/h4-5,9,12-13,15-16H,2-3,6-8,10-11H2,1H3. The highest BCUT2D eigenvalue weighted by Crippen LogP contribution is 2.18. The lowest BCUT2D eigenvalue weighted by molar-refractivity contribution is 0.554. The number of hydrogen-bond acceptors (Lipinski definition) is 4. The Balaban J connectivity index is 1.61. The highest BCUT2D eigenvalue weighted by Gasteiger charge is 2.20. The van der Waals surface area contributed by atoms with Gasteiger partial charge < -0.3 is 5.32 Å². The highest BCUT2D eigenvalue weighted by molar-refractivity contribution is 7.89. The molecule has 0 saturated heterocycles. The quantitative estimate of drug-likeness (QED) is 0.650. The van der Waals surface area contributed by atoms with Gasteiger partial charge in [0.1, 0.15) is 0 Å². The highest BCUT2D eigenvalue weighted by atomic mass is 32.2. The van der Waals surface area contributed by atoms with Crippen molar-refractivity contribution in [1.29, 1.82) is 0 Å². The summed E-state index contributed by atoms with van der Waals surface area (Å²) < 4.78 is 26.7. The molecule has 1 heterocycles. The van der Waals surface area contributed by atoms with E-state index in [9.17, 15) is 8.42 Å². The molecule has 1 aliphatic rings. The Labute approximate surface area is 126 Å². The first-order valence-electron chi connectivity index (χ1n) is 7.31. The second kappa shape index (κ2) is 7.54. The first-order valence-corrected chi connectivity index (χ1v) is 9.84. The van der Waals surface area contributed by atoms with Crippen LogP contribution in [0.1, 0.15) is 37.5 Å². The maximum Gasteiger partial charge on any atom is 0.211 e. The fourth-order valence-electron chi connectivity index (χ4n) is 2.15. The summed E-state index contributed by atoms with van der Waals surface area (Å²) in [4.78, 5) is 1.22. The van der Waals surface area contributed by atoms with Crippen LogP contribution in [-0.4, -0.2) is 32.8 Å². The smallest absolute Gasteiger partial charge is 0.211 e. The topological polar surface area (TPSA) is 58.2 Å². The van der Waals surface area contributed by atoms with Crippen LogP contribution in [0.15, 0.2) is 17.5 Å². The zero-order valence-electron chi connectivity index (χ0n) is 12.0. The SMILES string of the molecule is CC(Cc1cccs1)NS(=O)(=O)CCCCNC1CC1. The molecule has 0 bridgehead atoms. The number of rotatable bonds is 10. The molecule has 1 atom stereocenters. The van der Waals surface area contributed by atoms with Crippen LogP contribution in [0.4, 0.5) is 0 Å². The Morgan fingerprint density at radius 2 is 2.20 bits per heavy atom. The minimum absolute atomic E-state index is 0.0387. The van der Waals surface area contributed by atoms with E-state index in [2.05, 4.69) is 10.0 Å². The van der Waals surface area contributed by atoms with Crippen molar-refractivity contribution >= 4 is 21.4 Å². The lowest BCUT2D eigenvalue weighted by Gasteiger charge is -2.13. The molecule has 0 amide bonds. The van der Waals surface area contributed by atoms with Crippen molar-refractivity contribution in [3.63, 3.8) is 0 Å². The summed E-state index contributed by atoms with van der Waals surface area (Å²) in [7, 11) is -3.14. The maximum absolute atomic E-state index is 12.0. The Morgan fingerprint density at radius 3 is 2.85 bits per heavy atom. The van der Waals surface area contributed by atoms with Gasteiger partial charge in [-0.25, -0.2) is 13.1 Å². The second-order valence-electron chi connectivity index (χ2n) is 5.56. The van der Waals surface area contributed by atoms with E-state index >= 15 is 0 Å². The molecule has 20 heavy (non-hydrogen) atoms. The first-order chi connectivity index (χ1) is 9.55. The van der Waals surface area contributed by atoms with Gasteiger partial charge in [0.25, 0.3) is 0 Å². The van der Waals surface area contributed by atoms with E-state index in [1.54, 1.807) is 11.3 Å². The third-order valence-corrected chi connectivity index (χ3v) is 5.80. The van der Waals surface area contributed by atoms with Gasteiger partial charge in [-0.15, -0.1) is 11.3 Å². The van der Waals surface area contributed by atoms with E-state index in [0.29, 0.717) is 6.04 Å². The molecule has 1 aromatic rings. The zero-order valence-corrected chi connectivity index (χ0v) is 13.6. The molecule has 114 valence electrons. The number of sulfonamides is 1. The predicted molar refractivity (Wildman–Crippen MR) is 84.7 cm³/mol. The minimum Gasteiger partial charge on any atom is -0.314 e. The zero-order chi connectivity index (χ0) is 14.4. The molecular formula is C14H24N2O2S2. The Morgan fingerprint density at radius 1 is 1.40 bits per heavy atom. The molecule has 2 N–H and O–H groups in total. The molecule has 1 saturated carbocycles. The second-order valence-corrected chi connectivity index (χ2v) is 8.46. The van der Waals surface area contributed by atoms with Crippen LogP contribution in [0.2, 0.25) is 0 Å². The summed E-state index contributed by atoms with van der Waals surface area (Å²) in [6.07, 6.45) is 4.97. The Hall–Kier alpha value is -0.430. The van der Waals surface area contributed by atoms with Crippen molar-refractivity contribution in [1.82, 2.24) is 10.0 Å². The largest absolute Gasteiger partial charge is 0.314 e. The van der Waals surface area contributed by atoms with Gasteiger partial charge in [-0.3, -0.25) is 0 Å². The van der Waals surface area contributed by atoms with E-state index in [0.717, 1.165) is 25.8 Å². The summed E-state index contributed by atoms with van der Waals surface area (Å²) in [6.45, 7) is 2.86. The van der Waals surface area contributed by atoms with E-state index in [4.69, 9.17) is 0 Å². The summed E-state index contributed by atoms with van der Waals surface area (Å²) in [5, 5.41) is 5.42. The third-order valence-electron chi connectivity index (χ3n) is 3.32. The number of thiophene rings is 1.